The number of ether oxygens (including phenoxy) is 3. The van der Waals surface area contributed by atoms with E-state index < -0.39 is 5.97 Å². The number of carbonyl (C=O) groups is 1. The third-order valence-corrected chi connectivity index (χ3v) is 3.87. The van der Waals surface area contributed by atoms with Crippen LogP contribution in [0.2, 0.25) is 0 Å². The second-order valence-electron chi connectivity index (χ2n) is 5.34. The van der Waals surface area contributed by atoms with Gasteiger partial charge in [-0.15, -0.1) is 0 Å². The van der Waals surface area contributed by atoms with Gasteiger partial charge in [-0.25, -0.2) is 4.79 Å². The Morgan fingerprint density at radius 1 is 1.28 bits per heavy atom. The van der Waals surface area contributed by atoms with Crippen LogP contribution in [-0.2, 0) is 16.2 Å². The third-order valence-electron chi connectivity index (χ3n) is 3.87. The van der Waals surface area contributed by atoms with Gasteiger partial charge in [-0.1, -0.05) is 0 Å². The van der Waals surface area contributed by atoms with Crippen molar-refractivity contribution in [1.29, 1.82) is 0 Å². The summed E-state index contributed by atoms with van der Waals surface area (Å²) in [5.74, 6) is -0.0469. The van der Waals surface area contributed by atoms with E-state index in [4.69, 9.17) is 14.2 Å². The van der Waals surface area contributed by atoms with Crippen LogP contribution in [-0.4, -0.2) is 36.3 Å². The molecule has 130 valence electrons. The number of rotatable bonds is 5. The van der Waals surface area contributed by atoms with Crippen LogP contribution in [0, 0.1) is 0 Å². The first-order valence-electron chi connectivity index (χ1n) is 7.77. The van der Waals surface area contributed by atoms with Crippen LogP contribution in [0.3, 0.4) is 0 Å². The molecule has 0 saturated heterocycles. The van der Waals surface area contributed by atoms with E-state index in [1.165, 1.54) is 18.8 Å². The minimum absolute atomic E-state index is 0.0381. The Morgan fingerprint density at radius 3 is 2.76 bits per heavy atom. The number of carbonyl (C=O) groups excluding carboxylic acids is 1. The van der Waals surface area contributed by atoms with Gasteiger partial charge in [0.2, 0.25) is 0 Å². The molecule has 0 fully saturated rings. The molecule has 25 heavy (non-hydrogen) atoms. The molecule has 0 bridgehead atoms. The zero-order valence-electron chi connectivity index (χ0n) is 14.2. The summed E-state index contributed by atoms with van der Waals surface area (Å²) >= 11 is 0. The molecule has 0 N–H and O–H groups in total. The van der Waals surface area contributed by atoms with E-state index in [9.17, 15) is 9.59 Å². The molecule has 0 radical (unpaired) electrons. The fraction of sp³-hybridized carbons (Fsp3) is 0.278. The molecule has 3 rings (SSSR count). The first kappa shape index (κ1) is 16.9. The molecule has 0 aliphatic carbocycles. The first-order valence-corrected chi connectivity index (χ1v) is 7.77. The van der Waals surface area contributed by atoms with E-state index in [1.54, 1.807) is 30.5 Å². The van der Waals surface area contributed by atoms with Crippen molar-refractivity contribution in [2.24, 2.45) is 0 Å². The van der Waals surface area contributed by atoms with E-state index in [1.807, 2.05) is 6.92 Å². The highest BCUT2D eigenvalue weighted by Gasteiger charge is 2.19. The van der Waals surface area contributed by atoms with Crippen molar-refractivity contribution in [2.45, 2.75) is 13.7 Å². The van der Waals surface area contributed by atoms with Crippen LogP contribution in [0.5, 0.6) is 5.75 Å². The predicted octanol–water partition coefficient (Wildman–Crippen LogP) is 2.34. The molecule has 1 aromatic carbocycles. The number of hydrogen-bond acceptors (Lipinski definition) is 6. The van der Waals surface area contributed by atoms with Crippen molar-refractivity contribution in [1.82, 2.24) is 9.55 Å². The Kier molecular flexibility index (Phi) is 4.67. The predicted molar refractivity (Wildman–Crippen MR) is 93.0 cm³/mol. The summed E-state index contributed by atoms with van der Waals surface area (Å²) in [7, 11) is 2.80. The molecule has 3 aromatic rings. The molecule has 7 heteroatoms. The van der Waals surface area contributed by atoms with Crippen molar-refractivity contribution in [2.75, 3.05) is 20.8 Å². The molecular formula is C18H18N2O5. The Bertz CT molecular complexity index is 1010. The van der Waals surface area contributed by atoms with Gasteiger partial charge in [0.25, 0.3) is 5.56 Å². The fourth-order valence-electron chi connectivity index (χ4n) is 2.85. The Labute approximate surface area is 143 Å². The average molecular weight is 342 g/mol. The van der Waals surface area contributed by atoms with Crippen molar-refractivity contribution in [3.8, 4) is 5.75 Å². The molecule has 2 aromatic heterocycles. The monoisotopic (exact) mass is 342 g/mol. The molecule has 7 nitrogen and oxygen atoms in total. The largest absolute Gasteiger partial charge is 0.493 e. The normalized spacial score (nSPS) is 11.0. The maximum atomic E-state index is 12.8. The summed E-state index contributed by atoms with van der Waals surface area (Å²) in [6.45, 7) is 2.28. The summed E-state index contributed by atoms with van der Waals surface area (Å²) in [6, 6.07) is 6.61. The van der Waals surface area contributed by atoms with Crippen LogP contribution in [0.25, 0.3) is 21.8 Å². The van der Waals surface area contributed by atoms with E-state index in [0.29, 0.717) is 34.2 Å². The number of hydrogen-bond donors (Lipinski definition) is 0. The molecule has 0 aliphatic heterocycles. The third kappa shape index (κ3) is 2.83. The lowest BCUT2D eigenvalue weighted by atomic mass is 10.1. The van der Waals surface area contributed by atoms with Crippen LogP contribution in [0.4, 0.5) is 0 Å². The first-order chi connectivity index (χ1) is 12.1. The van der Waals surface area contributed by atoms with Crippen molar-refractivity contribution in [3.63, 3.8) is 0 Å². The highest BCUT2D eigenvalue weighted by atomic mass is 16.5. The van der Waals surface area contributed by atoms with Crippen LogP contribution >= 0.6 is 0 Å². The van der Waals surface area contributed by atoms with Gasteiger partial charge < -0.3 is 14.2 Å². The second-order valence-corrected chi connectivity index (χ2v) is 5.34. The average Bonchev–Trinajstić information content (AvgIpc) is 2.64. The molecule has 0 unspecified atom stereocenters. The minimum atomic E-state index is -0.514. The van der Waals surface area contributed by atoms with Crippen LogP contribution in [0.15, 0.2) is 35.3 Å². The highest BCUT2D eigenvalue weighted by Crippen LogP contribution is 2.32. The van der Waals surface area contributed by atoms with Gasteiger partial charge in [0.1, 0.15) is 12.5 Å². The SMILES string of the molecule is CCOc1cc(C(=O)OC)cc2c1c1ncccc1c(=O)n2COC. The lowest BCUT2D eigenvalue weighted by molar-refractivity contribution is 0.0600. The summed E-state index contributed by atoms with van der Waals surface area (Å²) in [6.07, 6.45) is 1.62. The summed E-state index contributed by atoms with van der Waals surface area (Å²) in [5, 5.41) is 1.11. The van der Waals surface area contributed by atoms with Crippen LogP contribution in [0.1, 0.15) is 17.3 Å². The van der Waals surface area contributed by atoms with E-state index in [2.05, 4.69) is 4.98 Å². The van der Waals surface area contributed by atoms with E-state index in [0.717, 1.165) is 0 Å². The standard InChI is InChI=1S/C18H18N2O5/c1-4-25-14-9-11(18(22)24-3)8-13-15(14)16-12(6-5-7-19-16)17(21)20(13)10-23-2/h5-9H,4,10H2,1-3H3. The number of fused-ring (bicyclic) bond motifs is 3. The topological polar surface area (TPSA) is 79.7 Å². The Balaban J connectivity index is 2.53. The number of pyridine rings is 2. The van der Waals surface area contributed by atoms with Gasteiger partial charge >= 0.3 is 5.97 Å². The smallest absolute Gasteiger partial charge is 0.338 e. The van der Waals surface area contributed by atoms with Gasteiger partial charge in [-0.3, -0.25) is 14.3 Å². The van der Waals surface area contributed by atoms with Crippen molar-refractivity contribution < 1.29 is 19.0 Å². The fourth-order valence-corrected chi connectivity index (χ4v) is 2.85. The lowest BCUT2D eigenvalue weighted by Crippen LogP contribution is -2.22. The maximum absolute atomic E-state index is 12.8. The molecule has 0 saturated carbocycles. The molecule has 0 amide bonds. The maximum Gasteiger partial charge on any atom is 0.338 e. The Morgan fingerprint density at radius 2 is 2.08 bits per heavy atom. The summed E-state index contributed by atoms with van der Waals surface area (Å²) in [4.78, 5) is 29.2. The highest BCUT2D eigenvalue weighted by molar-refractivity contribution is 6.09. The zero-order valence-corrected chi connectivity index (χ0v) is 14.2. The van der Waals surface area contributed by atoms with Gasteiger partial charge in [0.15, 0.2) is 0 Å². The van der Waals surface area contributed by atoms with Gasteiger partial charge in [-0.2, -0.15) is 0 Å². The van der Waals surface area contributed by atoms with Crippen LogP contribution < -0.4 is 10.3 Å². The Hall–Kier alpha value is -2.93. The summed E-state index contributed by atoms with van der Waals surface area (Å²) in [5.41, 5.74) is 1.07. The minimum Gasteiger partial charge on any atom is -0.493 e. The molecule has 0 atom stereocenters. The van der Waals surface area contributed by atoms with Gasteiger partial charge in [0.05, 0.1) is 41.1 Å². The quantitative estimate of drug-likeness (QED) is 0.523. The molecule has 0 aliphatic rings. The second kappa shape index (κ2) is 6.90. The van der Waals surface area contributed by atoms with E-state index >= 15 is 0 Å². The van der Waals surface area contributed by atoms with Gasteiger partial charge in [0, 0.05) is 13.3 Å². The molecule has 0 spiro atoms. The van der Waals surface area contributed by atoms with Crippen molar-refractivity contribution in [3.05, 3.63) is 46.4 Å². The van der Waals surface area contributed by atoms with Crippen molar-refractivity contribution >= 4 is 27.8 Å². The van der Waals surface area contributed by atoms with E-state index in [-0.39, 0.29) is 17.9 Å². The number of esters is 1. The number of methoxy groups -OCH3 is 2. The molecular weight excluding hydrogens is 324 g/mol. The van der Waals surface area contributed by atoms with Gasteiger partial charge in [-0.05, 0) is 31.2 Å². The zero-order chi connectivity index (χ0) is 18.0. The summed E-state index contributed by atoms with van der Waals surface area (Å²) < 4.78 is 17.2. The number of benzene rings is 1. The molecule has 2 heterocycles. The number of nitrogens with zero attached hydrogens (tertiary/aromatic N) is 2. The lowest BCUT2D eigenvalue weighted by Gasteiger charge is -2.16. The number of aromatic nitrogens is 2.